The van der Waals surface area contributed by atoms with Gasteiger partial charge in [-0.1, -0.05) is 41.9 Å². The van der Waals surface area contributed by atoms with E-state index in [0.29, 0.717) is 34.2 Å². The zero-order chi connectivity index (χ0) is 23.6. The lowest BCUT2D eigenvalue weighted by molar-refractivity contribution is -0.118. The lowest BCUT2D eigenvalue weighted by Crippen LogP contribution is -2.21. The molecule has 0 heterocycles. The van der Waals surface area contributed by atoms with Gasteiger partial charge in [0.05, 0.1) is 12.2 Å². The van der Waals surface area contributed by atoms with Gasteiger partial charge in [0.2, 0.25) is 0 Å². The van der Waals surface area contributed by atoms with Crippen LogP contribution in [0.1, 0.15) is 22.3 Å². The summed E-state index contributed by atoms with van der Waals surface area (Å²) < 4.78 is 11.4. The van der Waals surface area contributed by atoms with E-state index in [1.165, 1.54) is 0 Å². The SMILES string of the molecule is CN(C)CCCOc1ccc(NC(=O)COc2ccc(Cl)cc2C(=O)c2ccccc2)cc1. The van der Waals surface area contributed by atoms with Gasteiger partial charge in [-0.05, 0) is 63.0 Å². The molecule has 0 saturated carbocycles. The molecular formula is C26H27ClN2O4. The van der Waals surface area contributed by atoms with Gasteiger partial charge in [0.25, 0.3) is 5.91 Å². The largest absolute Gasteiger partial charge is 0.494 e. The third-order valence-electron chi connectivity index (χ3n) is 4.74. The van der Waals surface area contributed by atoms with Crippen molar-refractivity contribution in [1.82, 2.24) is 4.90 Å². The minimum absolute atomic E-state index is 0.227. The summed E-state index contributed by atoms with van der Waals surface area (Å²) in [7, 11) is 4.05. The van der Waals surface area contributed by atoms with Gasteiger partial charge in [0, 0.05) is 22.8 Å². The predicted molar refractivity (Wildman–Crippen MR) is 131 cm³/mol. The highest BCUT2D eigenvalue weighted by atomic mass is 35.5. The minimum atomic E-state index is -0.345. The highest BCUT2D eigenvalue weighted by molar-refractivity contribution is 6.31. The second-order valence-corrected chi connectivity index (χ2v) is 8.14. The van der Waals surface area contributed by atoms with Gasteiger partial charge in [-0.2, -0.15) is 0 Å². The van der Waals surface area contributed by atoms with Gasteiger partial charge in [0.1, 0.15) is 11.5 Å². The van der Waals surface area contributed by atoms with Crippen LogP contribution in [0.25, 0.3) is 0 Å². The summed E-state index contributed by atoms with van der Waals surface area (Å²) in [5.74, 6) is 0.468. The molecule has 0 aliphatic carbocycles. The van der Waals surface area contributed by atoms with Crippen molar-refractivity contribution in [3.05, 3.63) is 88.9 Å². The summed E-state index contributed by atoms with van der Waals surface area (Å²) in [6.45, 7) is 1.34. The quantitative estimate of drug-likeness (QED) is 0.321. The Morgan fingerprint density at radius 2 is 1.67 bits per heavy atom. The molecule has 3 aromatic rings. The molecule has 6 nitrogen and oxygen atoms in total. The van der Waals surface area contributed by atoms with Gasteiger partial charge in [-0.3, -0.25) is 9.59 Å². The number of hydrogen-bond donors (Lipinski definition) is 1. The number of carbonyl (C=O) groups is 2. The predicted octanol–water partition coefficient (Wildman–Crippen LogP) is 4.92. The van der Waals surface area contributed by atoms with Crippen LogP contribution in [-0.4, -0.2) is 50.4 Å². The Bertz CT molecular complexity index is 1070. The number of anilines is 1. The van der Waals surface area contributed by atoms with Crippen molar-refractivity contribution in [2.45, 2.75) is 6.42 Å². The molecule has 0 fully saturated rings. The van der Waals surface area contributed by atoms with Crippen LogP contribution in [0.2, 0.25) is 5.02 Å². The lowest BCUT2D eigenvalue weighted by Gasteiger charge is -2.12. The van der Waals surface area contributed by atoms with Crippen LogP contribution in [0.5, 0.6) is 11.5 Å². The van der Waals surface area contributed by atoms with E-state index in [1.807, 2.05) is 32.3 Å². The van der Waals surface area contributed by atoms with Crippen LogP contribution in [-0.2, 0) is 4.79 Å². The standard InChI is InChI=1S/C26H27ClN2O4/c1-29(2)15-6-16-32-22-12-10-21(11-13-22)28-25(30)18-33-24-14-9-20(27)17-23(24)26(31)19-7-4-3-5-8-19/h3-5,7-14,17H,6,15-16,18H2,1-2H3,(H,28,30). The lowest BCUT2D eigenvalue weighted by atomic mass is 10.0. The number of ether oxygens (including phenoxy) is 2. The molecule has 3 aromatic carbocycles. The third kappa shape index (κ3) is 7.63. The maximum atomic E-state index is 12.9. The molecular weight excluding hydrogens is 440 g/mol. The number of hydrogen-bond acceptors (Lipinski definition) is 5. The summed E-state index contributed by atoms with van der Waals surface area (Å²) in [5.41, 5.74) is 1.44. The van der Waals surface area contributed by atoms with Crippen molar-refractivity contribution in [2.75, 3.05) is 39.2 Å². The van der Waals surface area contributed by atoms with Crippen molar-refractivity contribution in [3.63, 3.8) is 0 Å². The normalized spacial score (nSPS) is 10.7. The van der Waals surface area contributed by atoms with Crippen molar-refractivity contribution >= 4 is 29.0 Å². The molecule has 1 amide bonds. The molecule has 0 radical (unpaired) electrons. The van der Waals surface area contributed by atoms with Gasteiger partial charge in [-0.25, -0.2) is 0 Å². The van der Waals surface area contributed by atoms with E-state index in [9.17, 15) is 9.59 Å². The number of amides is 1. The first-order valence-electron chi connectivity index (χ1n) is 10.6. The Morgan fingerprint density at radius 3 is 2.36 bits per heavy atom. The highest BCUT2D eigenvalue weighted by Crippen LogP contribution is 2.26. The fourth-order valence-electron chi connectivity index (χ4n) is 3.10. The Morgan fingerprint density at radius 1 is 0.939 bits per heavy atom. The number of benzene rings is 3. The Hall–Kier alpha value is -3.35. The monoisotopic (exact) mass is 466 g/mol. The van der Waals surface area contributed by atoms with Crippen molar-refractivity contribution in [2.24, 2.45) is 0 Å². The van der Waals surface area contributed by atoms with E-state index >= 15 is 0 Å². The summed E-state index contributed by atoms with van der Waals surface area (Å²) in [6, 6.07) is 20.7. The van der Waals surface area contributed by atoms with Gasteiger partial charge < -0.3 is 19.7 Å². The van der Waals surface area contributed by atoms with E-state index in [0.717, 1.165) is 18.7 Å². The molecule has 172 valence electrons. The number of ketones is 1. The average Bonchev–Trinajstić information content (AvgIpc) is 2.82. The third-order valence-corrected chi connectivity index (χ3v) is 4.97. The molecule has 1 N–H and O–H groups in total. The number of nitrogens with zero attached hydrogens (tertiary/aromatic N) is 1. The first-order valence-corrected chi connectivity index (χ1v) is 11.0. The number of nitrogens with one attached hydrogen (secondary N) is 1. The zero-order valence-corrected chi connectivity index (χ0v) is 19.5. The second-order valence-electron chi connectivity index (χ2n) is 7.70. The van der Waals surface area contributed by atoms with Crippen molar-refractivity contribution in [1.29, 1.82) is 0 Å². The van der Waals surface area contributed by atoms with E-state index in [1.54, 1.807) is 54.6 Å². The highest BCUT2D eigenvalue weighted by Gasteiger charge is 2.16. The first kappa shape index (κ1) is 24.3. The fraction of sp³-hybridized carbons (Fsp3) is 0.231. The molecule has 7 heteroatoms. The Kier molecular flexibility index (Phi) is 8.87. The summed E-state index contributed by atoms with van der Waals surface area (Å²) >= 11 is 6.09. The van der Waals surface area contributed by atoms with Crippen molar-refractivity contribution in [3.8, 4) is 11.5 Å². The second kappa shape index (κ2) is 12.0. The summed E-state index contributed by atoms with van der Waals surface area (Å²) in [4.78, 5) is 27.3. The Balaban J connectivity index is 1.55. The van der Waals surface area contributed by atoms with Crippen LogP contribution in [0, 0.1) is 0 Å². The van der Waals surface area contributed by atoms with Gasteiger partial charge >= 0.3 is 0 Å². The van der Waals surface area contributed by atoms with E-state index in [4.69, 9.17) is 21.1 Å². The average molecular weight is 467 g/mol. The molecule has 3 rings (SSSR count). The number of rotatable bonds is 11. The van der Waals surface area contributed by atoms with Crippen molar-refractivity contribution < 1.29 is 19.1 Å². The topological polar surface area (TPSA) is 67.9 Å². The van der Waals surface area contributed by atoms with E-state index < -0.39 is 0 Å². The van der Waals surface area contributed by atoms with Gasteiger partial charge in [-0.15, -0.1) is 0 Å². The molecule has 33 heavy (non-hydrogen) atoms. The number of carbonyl (C=O) groups excluding carboxylic acids is 2. The molecule has 0 unspecified atom stereocenters. The van der Waals surface area contributed by atoms with Crippen LogP contribution in [0.3, 0.4) is 0 Å². The maximum Gasteiger partial charge on any atom is 0.262 e. The molecule has 0 atom stereocenters. The molecule has 0 bridgehead atoms. The Labute approximate surface area is 199 Å². The minimum Gasteiger partial charge on any atom is -0.494 e. The smallest absolute Gasteiger partial charge is 0.262 e. The molecule has 0 saturated heterocycles. The molecule has 0 aliphatic heterocycles. The maximum absolute atomic E-state index is 12.9. The summed E-state index contributed by atoms with van der Waals surface area (Å²) in [6.07, 6.45) is 0.933. The summed E-state index contributed by atoms with van der Waals surface area (Å²) in [5, 5.41) is 3.19. The fourth-order valence-corrected chi connectivity index (χ4v) is 3.27. The number of halogens is 1. The van der Waals surface area contributed by atoms with Crippen LogP contribution in [0.4, 0.5) is 5.69 Å². The van der Waals surface area contributed by atoms with E-state index in [-0.39, 0.29) is 18.3 Å². The van der Waals surface area contributed by atoms with Crippen LogP contribution < -0.4 is 14.8 Å². The first-order chi connectivity index (χ1) is 15.9. The van der Waals surface area contributed by atoms with Crippen LogP contribution >= 0.6 is 11.6 Å². The molecule has 0 aliphatic rings. The van der Waals surface area contributed by atoms with Crippen LogP contribution in [0.15, 0.2) is 72.8 Å². The van der Waals surface area contributed by atoms with E-state index in [2.05, 4.69) is 10.2 Å². The molecule has 0 spiro atoms. The zero-order valence-electron chi connectivity index (χ0n) is 18.7. The van der Waals surface area contributed by atoms with Gasteiger partial charge in [0.15, 0.2) is 12.4 Å². The molecule has 0 aromatic heterocycles.